The molecule has 0 aliphatic carbocycles. The first kappa shape index (κ1) is 8.17. The molecule has 0 aromatic heterocycles. The summed E-state index contributed by atoms with van der Waals surface area (Å²) in [6, 6.07) is 0. The highest BCUT2D eigenvalue weighted by molar-refractivity contribution is 5.76. The third kappa shape index (κ3) is 5.03. The molecule has 9 heavy (non-hydrogen) atoms. The van der Waals surface area contributed by atoms with E-state index in [9.17, 15) is 4.79 Å². The van der Waals surface area contributed by atoms with E-state index in [2.05, 4.69) is 0 Å². The predicted octanol–water partition coefficient (Wildman–Crippen LogP) is 0.333. The molecule has 3 nitrogen and oxygen atoms in total. The van der Waals surface area contributed by atoms with Gasteiger partial charge in [-0.3, -0.25) is 10.2 Å². The molecular weight excluding hydrogens is 116 g/mol. The van der Waals surface area contributed by atoms with Crippen molar-refractivity contribution in [1.29, 1.82) is 0 Å². The maximum atomic E-state index is 10.4. The number of nitrogens with two attached hydrogens (primary N) is 1. The van der Waals surface area contributed by atoms with Gasteiger partial charge in [0.05, 0.1) is 0 Å². The van der Waals surface area contributed by atoms with Crippen molar-refractivity contribution in [1.82, 2.24) is 5.43 Å². The molecule has 0 atom stereocenters. The molecule has 52 valence electrons. The Balaban J connectivity index is 3.50. The van der Waals surface area contributed by atoms with Crippen LogP contribution in [0.1, 0.15) is 20.3 Å². The number of carbonyl (C=O) groups is 1. The molecule has 3 heteroatoms. The van der Waals surface area contributed by atoms with E-state index < -0.39 is 0 Å². The van der Waals surface area contributed by atoms with Crippen LogP contribution in [0.25, 0.3) is 0 Å². The van der Waals surface area contributed by atoms with Crippen molar-refractivity contribution in [3.63, 3.8) is 0 Å². The Morgan fingerprint density at radius 3 is 2.56 bits per heavy atom. The molecule has 1 amide bonds. The zero-order chi connectivity index (χ0) is 7.28. The van der Waals surface area contributed by atoms with Gasteiger partial charge in [-0.15, -0.1) is 0 Å². The summed E-state index contributed by atoms with van der Waals surface area (Å²) in [6.07, 6.45) is 2.20. The minimum absolute atomic E-state index is 0.156. The van der Waals surface area contributed by atoms with Gasteiger partial charge in [-0.2, -0.15) is 0 Å². The van der Waals surface area contributed by atoms with Crippen molar-refractivity contribution in [3.8, 4) is 0 Å². The van der Waals surface area contributed by atoms with E-state index in [0.717, 1.165) is 5.57 Å². The fourth-order valence-electron chi connectivity index (χ4n) is 0.356. The summed E-state index contributed by atoms with van der Waals surface area (Å²) in [5, 5.41) is 0. The summed E-state index contributed by atoms with van der Waals surface area (Å²) >= 11 is 0. The highest BCUT2D eigenvalue weighted by atomic mass is 16.2. The molecule has 0 aromatic carbocycles. The lowest BCUT2D eigenvalue weighted by atomic mass is 10.3. The van der Waals surface area contributed by atoms with E-state index in [1.165, 1.54) is 0 Å². The van der Waals surface area contributed by atoms with Crippen LogP contribution in [-0.2, 0) is 4.79 Å². The van der Waals surface area contributed by atoms with Gasteiger partial charge in [0, 0.05) is 6.42 Å². The summed E-state index contributed by atoms with van der Waals surface area (Å²) in [7, 11) is 0. The van der Waals surface area contributed by atoms with Gasteiger partial charge in [-0.1, -0.05) is 11.6 Å². The second-order valence-electron chi connectivity index (χ2n) is 2.05. The number of rotatable bonds is 2. The van der Waals surface area contributed by atoms with Crippen molar-refractivity contribution in [2.24, 2.45) is 5.84 Å². The molecule has 0 bridgehead atoms. The molecule has 0 radical (unpaired) electrons. The van der Waals surface area contributed by atoms with E-state index in [1.807, 2.05) is 25.3 Å². The van der Waals surface area contributed by atoms with Crippen LogP contribution >= 0.6 is 0 Å². The van der Waals surface area contributed by atoms with Crippen molar-refractivity contribution in [2.75, 3.05) is 0 Å². The second kappa shape index (κ2) is 4.09. The highest BCUT2D eigenvalue weighted by Gasteiger charge is 1.91. The smallest absolute Gasteiger partial charge is 0.237 e. The first-order valence-electron chi connectivity index (χ1n) is 2.79. The monoisotopic (exact) mass is 128 g/mol. The van der Waals surface area contributed by atoms with Crippen LogP contribution in [0.3, 0.4) is 0 Å². The molecule has 0 saturated carbocycles. The number of allylic oxidation sites excluding steroid dienone is 1. The summed E-state index contributed by atoms with van der Waals surface area (Å²) in [5.74, 6) is 4.67. The van der Waals surface area contributed by atoms with Crippen LogP contribution in [0.2, 0.25) is 0 Å². The van der Waals surface area contributed by atoms with Crippen LogP contribution in [0.15, 0.2) is 11.6 Å². The van der Waals surface area contributed by atoms with Gasteiger partial charge < -0.3 is 0 Å². The first-order valence-corrected chi connectivity index (χ1v) is 2.79. The average molecular weight is 128 g/mol. The molecule has 0 aliphatic heterocycles. The van der Waals surface area contributed by atoms with E-state index in [0.29, 0.717) is 6.42 Å². The summed E-state index contributed by atoms with van der Waals surface area (Å²) in [6.45, 7) is 3.87. The van der Waals surface area contributed by atoms with Gasteiger partial charge in [-0.05, 0) is 13.8 Å². The van der Waals surface area contributed by atoms with E-state index >= 15 is 0 Å². The molecule has 0 rings (SSSR count). The highest BCUT2D eigenvalue weighted by Crippen LogP contribution is 1.90. The maximum Gasteiger partial charge on any atom is 0.237 e. The van der Waals surface area contributed by atoms with Gasteiger partial charge in [0.15, 0.2) is 0 Å². The number of hydrogen-bond donors (Lipinski definition) is 2. The Labute approximate surface area is 54.9 Å². The standard InChI is InChI=1S/C6H12N2O/c1-5(2)3-4-6(9)8-7/h3H,4,7H2,1-2H3,(H,8,9). The molecule has 0 aliphatic rings. The predicted molar refractivity (Wildman–Crippen MR) is 36.4 cm³/mol. The van der Waals surface area contributed by atoms with E-state index in [4.69, 9.17) is 5.84 Å². The number of amides is 1. The average Bonchev–Trinajstić information content (AvgIpc) is 1.83. The molecule has 0 aromatic rings. The fourth-order valence-corrected chi connectivity index (χ4v) is 0.356. The van der Waals surface area contributed by atoms with Gasteiger partial charge in [0.25, 0.3) is 0 Å². The number of nitrogens with one attached hydrogen (secondary N) is 1. The molecular formula is C6H12N2O. The lowest BCUT2D eigenvalue weighted by Gasteiger charge is -1.92. The van der Waals surface area contributed by atoms with Crippen molar-refractivity contribution in [3.05, 3.63) is 11.6 Å². The fraction of sp³-hybridized carbons (Fsp3) is 0.500. The van der Waals surface area contributed by atoms with Gasteiger partial charge in [0.2, 0.25) is 5.91 Å². The van der Waals surface area contributed by atoms with Gasteiger partial charge in [-0.25, -0.2) is 5.84 Å². The lowest BCUT2D eigenvalue weighted by Crippen LogP contribution is -2.29. The Hall–Kier alpha value is -0.830. The quantitative estimate of drug-likeness (QED) is 0.244. The normalized spacial score (nSPS) is 8.33. The van der Waals surface area contributed by atoms with E-state index in [-0.39, 0.29) is 5.91 Å². The van der Waals surface area contributed by atoms with Crippen LogP contribution < -0.4 is 11.3 Å². The largest absolute Gasteiger partial charge is 0.294 e. The third-order valence-corrected chi connectivity index (χ3v) is 0.857. The zero-order valence-corrected chi connectivity index (χ0v) is 5.77. The minimum atomic E-state index is -0.156. The van der Waals surface area contributed by atoms with Gasteiger partial charge >= 0.3 is 0 Å². The topological polar surface area (TPSA) is 55.1 Å². The van der Waals surface area contributed by atoms with Crippen molar-refractivity contribution >= 4 is 5.91 Å². The Morgan fingerprint density at radius 2 is 2.22 bits per heavy atom. The molecule has 0 fully saturated rings. The molecule has 0 spiro atoms. The van der Waals surface area contributed by atoms with Gasteiger partial charge in [0.1, 0.15) is 0 Å². The molecule has 0 saturated heterocycles. The number of carbonyl (C=O) groups excluding carboxylic acids is 1. The zero-order valence-electron chi connectivity index (χ0n) is 5.77. The van der Waals surface area contributed by atoms with Crippen molar-refractivity contribution < 1.29 is 4.79 Å². The molecule has 0 heterocycles. The van der Waals surface area contributed by atoms with Crippen LogP contribution in [0.5, 0.6) is 0 Å². The van der Waals surface area contributed by atoms with Crippen LogP contribution in [-0.4, -0.2) is 5.91 Å². The second-order valence-corrected chi connectivity index (χ2v) is 2.05. The van der Waals surface area contributed by atoms with E-state index in [1.54, 1.807) is 0 Å². The summed E-state index contributed by atoms with van der Waals surface area (Å²) in [4.78, 5) is 10.4. The Kier molecular flexibility index (Phi) is 3.71. The molecule has 0 unspecified atom stereocenters. The van der Waals surface area contributed by atoms with Crippen LogP contribution in [0.4, 0.5) is 0 Å². The number of hydrogen-bond acceptors (Lipinski definition) is 2. The third-order valence-electron chi connectivity index (χ3n) is 0.857. The lowest BCUT2D eigenvalue weighted by molar-refractivity contribution is -0.120. The Bertz CT molecular complexity index is 125. The summed E-state index contributed by atoms with van der Waals surface area (Å²) in [5.41, 5.74) is 3.16. The Morgan fingerprint density at radius 1 is 1.67 bits per heavy atom. The summed E-state index contributed by atoms with van der Waals surface area (Å²) < 4.78 is 0. The first-order chi connectivity index (χ1) is 4.16. The number of hydrazine groups is 1. The molecule has 3 N–H and O–H groups in total. The SMILES string of the molecule is CC(C)=CCC(=O)NN. The minimum Gasteiger partial charge on any atom is -0.294 e. The van der Waals surface area contributed by atoms with Crippen LogP contribution in [0, 0.1) is 0 Å². The maximum absolute atomic E-state index is 10.4. The van der Waals surface area contributed by atoms with Crippen molar-refractivity contribution in [2.45, 2.75) is 20.3 Å².